The van der Waals surface area contributed by atoms with Crippen molar-refractivity contribution < 1.29 is 21.0 Å². The first-order valence-corrected chi connectivity index (χ1v) is 10.7. The molecule has 0 amide bonds. The van der Waals surface area contributed by atoms with Crippen LogP contribution in [0, 0.1) is 6.92 Å². The molecule has 9 heteroatoms. The lowest BCUT2D eigenvalue weighted by Crippen LogP contribution is -2.41. The molecule has 0 aromatic heterocycles. The second-order valence-corrected chi connectivity index (χ2v) is 10.0. The van der Waals surface area contributed by atoms with E-state index in [4.69, 9.17) is 0 Å². The highest BCUT2D eigenvalue weighted by molar-refractivity contribution is 9.11. The summed E-state index contributed by atoms with van der Waals surface area (Å²) >= 11 is 3.18. The zero-order valence-corrected chi connectivity index (χ0v) is 16.5. The zero-order valence-electron chi connectivity index (χ0n) is 13.3. The summed E-state index contributed by atoms with van der Waals surface area (Å²) < 4.78 is 54.3. The number of aryl methyl sites for hydroxylation is 1. The maximum atomic E-state index is 12.4. The minimum absolute atomic E-state index is 0.160. The molecular weight excluding hydrogens is 406 g/mol. The van der Waals surface area contributed by atoms with Gasteiger partial charge in [-0.25, -0.2) is 13.1 Å². The van der Waals surface area contributed by atoms with E-state index in [0.29, 0.717) is 4.48 Å². The molecule has 1 rings (SSSR count). The van der Waals surface area contributed by atoms with E-state index in [2.05, 4.69) is 24.8 Å². The predicted molar refractivity (Wildman–Crippen MR) is 93.4 cm³/mol. The van der Waals surface area contributed by atoms with Crippen molar-refractivity contribution in [3.63, 3.8) is 0 Å². The van der Waals surface area contributed by atoms with Gasteiger partial charge in [0.05, 0.1) is 17.8 Å². The van der Waals surface area contributed by atoms with E-state index >= 15 is 0 Å². The molecule has 1 aromatic carbocycles. The first-order valence-electron chi connectivity index (χ1n) is 6.63. The van der Waals surface area contributed by atoms with Crippen molar-refractivity contribution in [1.82, 2.24) is 4.72 Å². The summed E-state index contributed by atoms with van der Waals surface area (Å²) in [6.45, 7) is 4.98. The van der Waals surface area contributed by atoms with Crippen LogP contribution >= 0.6 is 15.9 Å². The Hall–Kier alpha value is -0.740. The Morgan fingerprint density at radius 2 is 1.74 bits per heavy atom. The molecule has 0 fully saturated rings. The number of halogens is 1. The van der Waals surface area contributed by atoms with E-state index in [0.717, 1.165) is 11.8 Å². The van der Waals surface area contributed by atoms with Gasteiger partial charge in [-0.1, -0.05) is 39.7 Å². The summed E-state index contributed by atoms with van der Waals surface area (Å²) in [4.78, 5) is 0.160. The van der Waals surface area contributed by atoms with Crippen LogP contribution in [-0.2, 0) is 24.3 Å². The Morgan fingerprint density at radius 3 is 2.22 bits per heavy atom. The highest BCUT2D eigenvalue weighted by Gasteiger charge is 2.24. The van der Waals surface area contributed by atoms with Gasteiger partial charge in [-0.2, -0.15) is 8.42 Å². The van der Waals surface area contributed by atoms with Crippen molar-refractivity contribution in [1.29, 1.82) is 0 Å². The number of nitrogens with one attached hydrogen (secondary N) is 1. The molecule has 1 aromatic rings. The summed E-state index contributed by atoms with van der Waals surface area (Å²) in [5.41, 5.74) is 0.0208. The minimum Gasteiger partial charge on any atom is -0.265 e. The predicted octanol–water partition coefficient (Wildman–Crippen LogP) is 2.31. The van der Waals surface area contributed by atoms with Gasteiger partial charge in [0.25, 0.3) is 10.1 Å². The maximum Gasteiger partial charge on any atom is 0.264 e. The van der Waals surface area contributed by atoms with Gasteiger partial charge in [-0.3, -0.25) is 4.18 Å². The Labute approximate surface area is 146 Å². The molecule has 23 heavy (non-hydrogen) atoms. The topological polar surface area (TPSA) is 89.5 Å². The molecule has 130 valence electrons. The Bertz CT molecular complexity index is 781. The number of hydrogen-bond donors (Lipinski definition) is 1. The first-order chi connectivity index (χ1) is 10.3. The van der Waals surface area contributed by atoms with E-state index in [-0.39, 0.29) is 11.5 Å². The Balaban J connectivity index is 2.90. The zero-order chi connectivity index (χ0) is 17.9. The number of hydrogen-bond acceptors (Lipinski definition) is 5. The lowest BCUT2D eigenvalue weighted by molar-refractivity contribution is 0.358. The molecule has 0 spiro atoms. The van der Waals surface area contributed by atoms with Crippen LogP contribution in [0.1, 0.15) is 19.4 Å². The average molecular weight is 426 g/mol. The summed E-state index contributed by atoms with van der Waals surface area (Å²) in [5, 5.41) is 0. The fourth-order valence-electron chi connectivity index (χ4n) is 1.75. The molecule has 0 bridgehead atoms. The van der Waals surface area contributed by atoms with Crippen molar-refractivity contribution in [2.24, 2.45) is 0 Å². The van der Waals surface area contributed by atoms with Crippen LogP contribution < -0.4 is 4.72 Å². The minimum atomic E-state index is -3.70. The standard InChI is InChI=1S/C14H20BrNO5S2/c1-11-5-7-13(8-6-11)23(19,20)16-14(2,3)9-12(15)10-21-22(4,17)18/h5-9,16H,10H2,1-4H3/b12-9-. The molecule has 0 saturated carbocycles. The smallest absolute Gasteiger partial charge is 0.264 e. The highest BCUT2D eigenvalue weighted by Crippen LogP contribution is 2.18. The van der Waals surface area contributed by atoms with E-state index in [9.17, 15) is 16.8 Å². The normalized spacial score (nSPS) is 14.0. The third-order valence-corrected chi connectivity index (χ3v) is 5.35. The van der Waals surface area contributed by atoms with Crippen LogP contribution in [0.2, 0.25) is 0 Å². The largest absolute Gasteiger partial charge is 0.265 e. The number of sulfonamides is 1. The van der Waals surface area contributed by atoms with Gasteiger partial charge in [0.1, 0.15) is 0 Å². The fraction of sp³-hybridized carbons (Fsp3) is 0.429. The van der Waals surface area contributed by atoms with Gasteiger partial charge in [-0.05, 0) is 32.9 Å². The third-order valence-electron chi connectivity index (χ3n) is 2.66. The van der Waals surface area contributed by atoms with Crippen LogP contribution in [0.15, 0.2) is 39.7 Å². The summed E-state index contributed by atoms with van der Waals surface area (Å²) in [6, 6.07) is 6.49. The summed E-state index contributed by atoms with van der Waals surface area (Å²) in [5.74, 6) is 0. The van der Waals surface area contributed by atoms with Gasteiger partial charge in [0.2, 0.25) is 10.0 Å². The SMILES string of the molecule is Cc1ccc(S(=O)(=O)NC(C)(C)/C=C(\Br)COS(C)(=O)=O)cc1. The van der Waals surface area contributed by atoms with Crippen molar-refractivity contribution >= 4 is 36.1 Å². The van der Waals surface area contributed by atoms with Crippen molar-refractivity contribution in [2.45, 2.75) is 31.2 Å². The van der Waals surface area contributed by atoms with Gasteiger partial charge in [-0.15, -0.1) is 0 Å². The fourth-order valence-corrected chi connectivity index (χ4v) is 4.29. The molecule has 6 nitrogen and oxygen atoms in total. The van der Waals surface area contributed by atoms with E-state index in [1.807, 2.05) is 6.92 Å². The van der Waals surface area contributed by atoms with Crippen LogP contribution in [-0.4, -0.2) is 35.2 Å². The summed E-state index contributed by atoms with van der Waals surface area (Å²) in [7, 11) is -7.26. The molecule has 0 aliphatic heterocycles. The van der Waals surface area contributed by atoms with Crippen LogP contribution in [0.25, 0.3) is 0 Å². The molecule has 0 aliphatic rings. The quantitative estimate of drug-likeness (QED) is 0.676. The lowest BCUT2D eigenvalue weighted by Gasteiger charge is -2.23. The summed E-state index contributed by atoms with van der Waals surface area (Å²) in [6.07, 6.45) is 2.49. The van der Waals surface area contributed by atoms with E-state index < -0.39 is 25.7 Å². The van der Waals surface area contributed by atoms with Crippen LogP contribution in [0.4, 0.5) is 0 Å². The number of benzene rings is 1. The lowest BCUT2D eigenvalue weighted by atomic mass is 10.1. The van der Waals surface area contributed by atoms with Gasteiger partial charge in [0.15, 0.2) is 0 Å². The van der Waals surface area contributed by atoms with Crippen molar-refractivity contribution in [2.75, 3.05) is 12.9 Å². The molecule has 0 heterocycles. The monoisotopic (exact) mass is 425 g/mol. The third kappa shape index (κ3) is 7.58. The molecule has 0 saturated heterocycles. The van der Waals surface area contributed by atoms with Gasteiger partial charge >= 0.3 is 0 Å². The number of rotatable bonds is 7. The molecule has 0 aliphatic carbocycles. The van der Waals surface area contributed by atoms with Crippen LogP contribution in [0.5, 0.6) is 0 Å². The van der Waals surface area contributed by atoms with Crippen molar-refractivity contribution in [3.8, 4) is 0 Å². The second kappa shape index (κ2) is 7.43. The highest BCUT2D eigenvalue weighted by atomic mass is 79.9. The first kappa shape index (κ1) is 20.3. The van der Waals surface area contributed by atoms with E-state index in [1.165, 1.54) is 12.1 Å². The van der Waals surface area contributed by atoms with Gasteiger partial charge < -0.3 is 0 Å². The Kier molecular flexibility index (Phi) is 6.56. The molecular formula is C14H20BrNO5S2. The van der Waals surface area contributed by atoms with Gasteiger partial charge in [0, 0.05) is 10.0 Å². The molecule has 0 radical (unpaired) electrons. The molecule has 0 atom stereocenters. The molecule has 0 unspecified atom stereocenters. The van der Waals surface area contributed by atoms with Crippen LogP contribution in [0.3, 0.4) is 0 Å². The van der Waals surface area contributed by atoms with E-state index in [1.54, 1.807) is 32.1 Å². The molecule has 1 N–H and O–H groups in total. The maximum absolute atomic E-state index is 12.4. The average Bonchev–Trinajstić information content (AvgIpc) is 2.34. The Morgan fingerprint density at radius 1 is 1.22 bits per heavy atom. The second-order valence-electron chi connectivity index (χ2n) is 5.70. The van der Waals surface area contributed by atoms with Crippen molar-refractivity contribution in [3.05, 3.63) is 40.4 Å².